The highest BCUT2D eigenvalue weighted by Gasteiger charge is 2.52. The summed E-state index contributed by atoms with van der Waals surface area (Å²) in [6.45, 7) is 5.29. The van der Waals surface area contributed by atoms with Gasteiger partial charge in [0.25, 0.3) is 0 Å². The quantitative estimate of drug-likeness (QED) is 0.577. The number of carbonyl (C=O) groups is 2. The summed E-state index contributed by atoms with van der Waals surface area (Å²) in [4.78, 5) is 25.1. The van der Waals surface area contributed by atoms with Crippen molar-refractivity contribution < 1.29 is 14.3 Å². The zero-order valence-electron chi connectivity index (χ0n) is 10.4. The largest absolute Gasteiger partial charge is 0.455 e. The Hall–Kier alpha value is -0.720. The number of halogens is 1. The van der Waals surface area contributed by atoms with Crippen LogP contribution in [0, 0.1) is 0 Å². The molecule has 1 fully saturated rings. The number of β-lactam (4-membered cyclic amide) rings is 1. The molecule has 18 heavy (non-hydrogen) atoms. The number of amides is 1. The molecule has 0 aromatic heterocycles. The monoisotopic (exact) mass is 290 g/mol. The standard InChI is InChI=1S/C11H15ClN2O3S/c1-11(2,3)17-10(16)7-5(12)4-18-9-6(13)8(15)14(7)9/h6,9H,4,13H2,1-3H3. The third-order valence-electron chi connectivity index (χ3n) is 2.56. The summed E-state index contributed by atoms with van der Waals surface area (Å²) in [5, 5.41) is 0.133. The van der Waals surface area contributed by atoms with Gasteiger partial charge in [0.05, 0.1) is 5.03 Å². The molecular formula is C11H15ClN2O3S. The number of fused-ring (bicyclic) bond motifs is 1. The van der Waals surface area contributed by atoms with Crippen molar-refractivity contribution in [3.63, 3.8) is 0 Å². The normalized spacial score (nSPS) is 27.8. The average molecular weight is 291 g/mol. The van der Waals surface area contributed by atoms with Crippen molar-refractivity contribution in [1.82, 2.24) is 4.90 Å². The molecule has 0 aromatic carbocycles. The van der Waals surface area contributed by atoms with E-state index in [0.717, 1.165) is 0 Å². The van der Waals surface area contributed by atoms with E-state index in [1.54, 1.807) is 20.8 Å². The molecule has 0 saturated carbocycles. The summed E-state index contributed by atoms with van der Waals surface area (Å²) < 4.78 is 5.26. The lowest BCUT2D eigenvalue weighted by molar-refractivity contribution is -0.157. The molecule has 1 saturated heterocycles. The number of hydrogen-bond donors (Lipinski definition) is 1. The maximum Gasteiger partial charge on any atom is 0.356 e. The van der Waals surface area contributed by atoms with E-state index in [-0.39, 0.29) is 17.0 Å². The van der Waals surface area contributed by atoms with Crippen LogP contribution >= 0.6 is 23.4 Å². The first-order valence-corrected chi connectivity index (χ1v) is 6.97. The maximum absolute atomic E-state index is 12.1. The van der Waals surface area contributed by atoms with E-state index in [0.29, 0.717) is 10.8 Å². The number of thioether (sulfide) groups is 1. The van der Waals surface area contributed by atoms with Crippen LogP contribution in [0.1, 0.15) is 20.8 Å². The minimum absolute atomic E-state index is 0.141. The van der Waals surface area contributed by atoms with Crippen molar-refractivity contribution in [2.24, 2.45) is 5.73 Å². The second-order valence-corrected chi connectivity index (χ2v) is 6.75. The zero-order valence-corrected chi connectivity index (χ0v) is 12.0. The summed E-state index contributed by atoms with van der Waals surface area (Å²) in [5.41, 5.74) is 5.20. The number of nitrogens with zero attached hydrogens (tertiary/aromatic N) is 1. The number of rotatable bonds is 1. The highest BCUT2D eigenvalue weighted by atomic mass is 35.5. The van der Waals surface area contributed by atoms with Crippen molar-refractivity contribution >= 4 is 35.2 Å². The minimum atomic E-state index is -0.628. The molecule has 0 aliphatic carbocycles. The van der Waals surface area contributed by atoms with Crippen LogP contribution in [0.25, 0.3) is 0 Å². The van der Waals surface area contributed by atoms with Gasteiger partial charge in [-0.25, -0.2) is 4.79 Å². The Balaban J connectivity index is 2.25. The van der Waals surface area contributed by atoms with Crippen LogP contribution in [0.5, 0.6) is 0 Å². The summed E-state index contributed by atoms with van der Waals surface area (Å²) in [7, 11) is 0. The number of hydrogen-bond acceptors (Lipinski definition) is 5. The molecule has 0 bridgehead atoms. The van der Waals surface area contributed by atoms with Crippen LogP contribution in [-0.4, -0.2) is 39.5 Å². The molecule has 100 valence electrons. The Kier molecular flexibility index (Phi) is 3.38. The van der Waals surface area contributed by atoms with Gasteiger partial charge in [0.2, 0.25) is 5.91 Å². The van der Waals surface area contributed by atoms with Gasteiger partial charge in [-0.15, -0.1) is 11.8 Å². The fraction of sp³-hybridized carbons (Fsp3) is 0.636. The minimum Gasteiger partial charge on any atom is -0.455 e. The third-order valence-corrected chi connectivity index (χ3v) is 4.33. The molecule has 0 spiro atoms. The molecule has 2 N–H and O–H groups in total. The van der Waals surface area contributed by atoms with Gasteiger partial charge in [0.1, 0.15) is 22.7 Å². The molecule has 2 rings (SSSR count). The second-order valence-electron chi connectivity index (χ2n) is 5.19. The predicted octanol–water partition coefficient (Wildman–Crippen LogP) is 1.02. The lowest BCUT2D eigenvalue weighted by Gasteiger charge is -2.47. The zero-order chi connectivity index (χ0) is 13.7. The SMILES string of the molecule is CC(C)(C)OC(=O)C1=C(Cl)CSC2C(N)C(=O)N12. The Bertz CT molecular complexity index is 444. The molecule has 2 aliphatic heterocycles. The van der Waals surface area contributed by atoms with Gasteiger partial charge < -0.3 is 10.5 Å². The lowest BCUT2D eigenvalue weighted by Crippen LogP contribution is -2.68. The molecule has 2 aliphatic rings. The summed E-state index contributed by atoms with van der Waals surface area (Å²) in [5.74, 6) is -0.387. The highest BCUT2D eigenvalue weighted by Crippen LogP contribution is 2.41. The first kappa shape index (κ1) is 13.7. The van der Waals surface area contributed by atoms with E-state index >= 15 is 0 Å². The molecule has 0 radical (unpaired) electrons. The Labute approximate surface area is 115 Å². The van der Waals surface area contributed by atoms with Crippen LogP contribution in [0.4, 0.5) is 0 Å². The van der Waals surface area contributed by atoms with E-state index in [2.05, 4.69) is 0 Å². The Morgan fingerprint density at radius 1 is 1.56 bits per heavy atom. The topological polar surface area (TPSA) is 72.6 Å². The first-order chi connectivity index (χ1) is 8.22. The van der Waals surface area contributed by atoms with Crippen LogP contribution < -0.4 is 5.73 Å². The maximum atomic E-state index is 12.1. The smallest absolute Gasteiger partial charge is 0.356 e. The van der Waals surface area contributed by atoms with E-state index in [4.69, 9.17) is 22.1 Å². The average Bonchev–Trinajstić information content (AvgIpc) is 2.25. The number of ether oxygens (including phenoxy) is 1. The second kappa shape index (κ2) is 4.43. The molecule has 5 nitrogen and oxygen atoms in total. The fourth-order valence-corrected chi connectivity index (χ4v) is 3.29. The van der Waals surface area contributed by atoms with Gasteiger partial charge in [-0.05, 0) is 20.8 Å². The first-order valence-electron chi connectivity index (χ1n) is 5.54. The van der Waals surface area contributed by atoms with Crippen LogP contribution in [-0.2, 0) is 14.3 Å². The number of nitrogens with two attached hydrogens (primary N) is 1. The number of esters is 1. The van der Waals surface area contributed by atoms with E-state index in [1.165, 1.54) is 16.7 Å². The van der Waals surface area contributed by atoms with Gasteiger partial charge in [0, 0.05) is 5.75 Å². The Morgan fingerprint density at radius 3 is 2.72 bits per heavy atom. The molecule has 0 aromatic rings. The third kappa shape index (κ3) is 2.24. The van der Waals surface area contributed by atoms with E-state index < -0.39 is 17.6 Å². The molecule has 1 amide bonds. The van der Waals surface area contributed by atoms with Crippen molar-refractivity contribution in [2.45, 2.75) is 37.8 Å². The lowest BCUT2D eigenvalue weighted by atomic mass is 10.1. The van der Waals surface area contributed by atoms with Crippen molar-refractivity contribution in [1.29, 1.82) is 0 Å². The molecule has 2 atom stereocenters. The van der Waals surface area contributed by atoms with E-state index in [9.17, 15) is 9.59 Å². The van der Waals surface area contributed by atoms with E-state index in [1.807, 2.05) is 0 Å². The van der Waals surface area contributed by atoms with Crippen LogP contribution in [0.3, 0.4) is 0 Å². The van der Waals surface area contributed by atoms with Gasteiger partial charge >= 0.3 is 5.97 Å². The van der Waals surface area contributed by atoms with Gasteiger partial charge in [-0.1, -0.05) is 11.6 Å². The van der Waals surface area contributed by atoms with Gasteiger partial charge in [0.15, 0.2) is 0 Å². The summed E-state index contributed by atoms with van der Waals surface area (Å²) >= 11 is 7.49. The van der Waals surface area contributed by atoms with Crippen LogP contribution in [0.2, 0.25) is 0 Å². The van der Waals surface area contributed by atoms with Crippen molar-refractivity contribution in [3.8, 4) is 0 Å². The summed E-state index contributed by atoms with van der Waals surface area (Å²) in [6, 6.07) is -0.558. The summed E-state index contributed by atoms with van der Waals surface area (Å²) in [6.07, 6.45) is 0. The van der Waals surface area contributed by atoms with Crippen LogP contribution in [0.15, 0.2) is 10.7 Å². The van der Waals surface area contributed by atoms with Gasteiger partial charge in [-0.3, -0.25) is 9.69 Å². The Morgan fingerprint density at radius 2 is 2.17 bits per heavy atom. The highest BCUT2D eigenvalue weighted by molar-refractivity contribution is 8.00. The molecular weight excluding hydrogens is 276 g/mol. The molecule has 2 heterocycles. The molecule has 7 heteroatoms. The molecule has 2 unspecified atom stereocenters. The van der Waals surface area contributed by atoms with Crippen molar-refractivity contribution in [3.05, 3.63) is 10.7 Å². The van der Waals surface area contributed by atoms with Gasteiger partial charge in [-0.2, -0.15) is 0 Å². The fourth-order valence-electron chi connectivity index (χ4n) is 1.80. The predicted molar refractivity (Wildman–Crippen MR) is 69.8 cm³/mol. The number of carbonyl (C=O) groups excluding carboxylic acids is 2. The van der Waals surface area contributed by atoms with Crippen molar-refractivity contribution in [2.75, 3.05) is 5.75 Å².